The van der Waals surface area contributed by atoms with E-state index in [1.165, 1.54) is 12.1 Å². The van der Waals surface area contributed by atoms with E-state index >= 15 is 0 Å². The Balaban J connectivity index is 0.000000192. The molecule has 0 unspecified atom stereocenters. The molecule has 0 fully saturated rings. The Morgan fingerprint density at radius 2 is 0.827 bits per heavy atom. The number of fused-ring (bicyclic) bond motifs is 3. The molecule has 0 saturated heterocycles. The fraction of sp³-hybridized carbons (Fsp3) is 0. The molecule has 52 heavy (non-hydrogen) atoms. The van der Waals surface area contributed by atoms with E-state index in [0.29, 0.717) is 0 Å². The van der Waals surface area contributed by atoms with E-state index in [1.54, 1.807) is 12.4 Å². The van der Waals surface area contributed by atoms with Gasteiger partial charge in [-0.3, -0.25) is 27.5 Å². The fourth-order valence-electron chi connectivity index (χ4n) is 4.01. The normalized spacial score (nSPS) is 12.0. The van der Waals surface area contributed by atoms with Gasteiger partial charge in [0.2, 0.25) is 0 Å². The Labute approximate surface area is 299 Å². The van der Waals surface area contributed by atoms with Gasteiger partial charge >= 0.3 is 53.1 Å². The largest absolute Gasteiger partial charge is 3.00 e. The van der Waals surface area contributed by atoms with Gasteiger partial charge in [0, 0.05) is 46.4 Å². The Morgan fingerprint density at radius 3 is 1.13 bits per heavy atom. The first kappa shape index (κ1) is 41.4. The number of nitrogens with zero attached hydrogens (tertiary/aromatic N) is 4. The summed E-state index contributed by atoms with van der Waals surface area (Å²) in [5, 5.41) is 2.28. The van der Waals surface area contributed by atoms with Crippen LogP contribution in [0.2, 0.25) is 0 Å². The number of hydrogen-bond acceptors (Lipinski definition) is 4. The topological polar surface area (TPSA) is 51.6 Å². The molecule has 0 atom stereocenters. The number of halogens is 12. The van der Waals surface area contributed by atoms with Gasteiger partial charge in [0.05, 0.1) is 23.4 Å². The molecule has 0 aliphatic carbocycles. The molecule has 4 heterocycles. The van der Waals surface area contributed by atoms with Crippen LogP contribution >= 0.6 is 7.81 Å². The minimum absolute atomic E-state index is 0. The molecule has 0 aliphatic heterocycles. The van der Waals surface area contributed by atoms with E-state index in [9.17, 15) is 51.5 Å². The average Bonchev–Trinajstić information content (AvgIpc) is 3.05. The van der Waals surface area contributed by atoms with E-state index in [1.807, 2.05) is 12.1 Å². The Kier molecular flexibility index (Phi) is 12.9. The first-order valence-electron chi connectivity index (χ1n) is 13.9. The number of rotatable bonds is 2. The van der Waals surface area contributed by atoms with E-state index in [-0.39, 0.29) is 42.6 Å². The van der Waals surface area contributed by atoms with E-state index in [0.717, 1.165) is 70.6 Å². The molecule has 7 aromatic rings. The zero-order chi connectivity index (χ0) is 37.5. The van der Waals surface area contributed by atoms with E-state index < -0.39 is 42.7 Å². The molecule has 4 nitrogen and oxygen atoms in total. The summed E-state index contributed by atoms with van der Waals surface area (Å²) < 4.78 is 136. The molecule has 0 saturated carbocycles. The van der Waals surface area contributed by atoms with Crippen LogP contribution in [0.5, 0.6) is 0 Å². The zero-order valence-electron chi connectivity index (χ0n) is 25.5. The number of benzene rings is 3. The molecule has 3 aromatic carbocycles. The molecule has 0 bridgehead atoms. The van der Waals surface area contributed by atoms with Crippen LogP contribution < -0.4 is 0 Å². The summed E-state index contributed by atoms with van der Waals surface area (Å²) in [6.45, 7) is 0. The predicted octanol–water partition coefficient (Wildman–Crippen LogP) is 12.1. The second kappa shape index (κ2) is 16.1. The smallest absolute Gasteiger partial charge is 0.302 e. The van der Waals surface area contributed by atoms with Crippen molar-refractivity contribution < 1.29 is 71.6 Å². The van der Waals surface area contributed by atoms with Crippen molar-refractivity contribution in [2.24, 2.45) is 0 Å². The zero-order valence-corrected chi connectivity index (χ0v) is 28.8. The Bertz CT molecular complexity index is 2120. The van der Waals surface area contributed by atoms with Gasteiger partial charge in [-0.05, 0) is 35.7 Å². The third-order valence-electron chi connectivity index (χ3n) is 6.03. The monoisotopic (exact) mass is 934 g/mol. The molecule has 7 rings (SSSR count). The molecule has 4 aromatic heterocycles. The van der Waals surface area contributed by atoms with Crippen molar-refractivity contribution in [2.45, 2.75) is 0 Å². The molecule has 0 aliphatic rings. The number of aromatic nitrogens is 4. The molecular weight excluding hydrogens is 916 g/mol. The van der Waals surface area contributed by atoms with Gasteiger partial charge in [-0.15, -0.1) is 24.3 Å². The second-order valence-electron chi connectivity index (χ2n) is 9.98. The minimum atomic E-state index is -10.7. The van der Waals surface area contributed by atoms with Crippen molar-refractivity contribution in [3.05, 3.63) is 157 Å². The molecule has 0 spiro atoms. The molecule has 272 valence electrons. The summed E-state index contributed by atoms with van der Waals surface area (Å²) in [5.74, 6) is -3.98. The average molecular weight is 934 g/mol. The summed E-state index contributed by atoms with van der Waals surface area (Å²) in [6, 6.07) is 25.3. The third kappa shape index (κ3) is 13.6. The Morgan fingerprint density at radius 1 is 0.462 bits per heavy atom. The van der Waals surface area contributed by atoms with Crippen molar-refractivity contribution in [1.29, 1.82) is 0 Å². The van der Waals surface area contributed by atoms with Crippen molar-refractivity contribution in [3.8, 4) is 22.5 Å². The maximum atomic E-state index is 13.2. The van der Waals surface area contributed by atoms with E-state index in [2.05, 4.69) is 56.3 Å². The molecular formula is C34H18F12IrN4P. The van der Waals surface area contributed by atoms with Crippen molar-refractivity contribution >= 4 is 29.6 Å². The molecule has 0 radical (unpaired) electrons. The summed E-state index contributed by atoms with van der Waals surface area (Å²) in [6.07, 6.45) is 5.53. The van der Waals surface area contributed by atoms with Gasteiger partial charge in [-0.1, -0.05) is 59.7 Å². The van der Waals surface area contributed by atoms with Crippen LogP contribution in [0.25, 0.3) is 44.3 Å². The van der Waals surface area contributed by atoms with Crippen LogP contribution in [0, 0.1) is 47.0 Å². The number of pyridine rings is 4. The second-order valence-corrected chi connectivity index (χ2v) is 11.9. The van der Waals surface area contributed by atoms with Crippen LogP contribution in [-0.4, -0.2) is 19.9 Å². The summed E-state index contributed by atoms with van der Waals surface area (Å²) in [7, 11) is -10.7. The van der Waals surface area contributed by atoms with Crippen LogP contribution in [0.1, 0.15) is 0 Å². The van der Waals surface area contributed by atoms with Gasteiger partial charge in [0.1, 0.15) is 11.6 Å². The summed E-state index contributed by atoms with van der Waals surface area (Å²) >= 11 is 0. The van der Waals surface area contributed by atoms with Crippen molar-refractivity contribution in [2.75, 3.05) is 0 Å². The van der Waals surface area contributed by atoms with Crippen LogP contribution in [0.3, 0.4) is 0 Å². The third-order valence-corrected chi connectivity index (χ3v) is 6.03. The quantitative estimate of drug-likeness (QED) is 0.0750. The molecule has 0 amide bonds. The van der Waals surface area contributed by atoms with Gasteiger partial charge in [0.15, 0.2) is 0 Å². The van der Waals surface area contributed by atoms with Crippen LogP contribution in [-0.2, 0) is 20.1 Å². The van der Waals surface area contributed by atoms with Crippen LogP contribution in [0.4, 0.5) is 51.5 Å². The minimum Gasteiger partial charge on any atom is -0.302 e. The van der Waals surface area contributed by atoms with Crippen molar-refractivity contribution in [1.82, 2.24) is 19.9 Å². The standard InChI is InChI=1S/C12H8N2.2C11H5F3N.F6P.Ir/c1-3-9-5-6-10-4-2-8-14-12(10)11(9)13-7-1;2*12-7-1-3-9(10(14)5-7)11-4-2-8(13)6-15-11;1-7(2,3,4,5)6;/h1-8H;2*1-2,4-6H;;/q;3*-1;+3. The van der Waals surface area contributed by atoms with Crippen LogP contribution in [0.15, 0.2) is 110 Å². The van der Waals surface area contributed by atoms with E-state index in [4.69, 9.17) is 0 Å². The maximum absolute atomic E-state index is 13.2. The van der Waals surface area contributed by atoms with Gasteiger partial charge in [-0.25, -0.2) is 8.78 Å². The first-order valence-corrected chi connectivity index (χ1v) is 15.9. The van der Waals surface area contributed by atoms with Gasteiger partial charge < -0.3 is 9.97 Å². The predicted molar refractivity (Wildman–Crippen MR) is 167 cm³/mol. The van der Waals surface area contributed by atoms with Gasteiger partial charge in [-0.2, -0.15) is 0 Å². The Hall–Kier alpha value is -4.98. The molecule has 18 heteroatoms. The fourth-order valence-corrected chi connectivity index (χ4v) is 4.01. The van der Waals surface area contributed by atoms with Gasteiger partial charge in [0.25, 0.3) is 0 Å². The molecule has 0 N–H and O–H groups in total. The SMILES string of the molecule is F[P-](F)(F)(F)(F)F.Fc1ccc(-c2[c-]cc(F)cc2F)nc1.Fc1ccc(-c2[c-]cc(F)cc2F)nc1.[Ir+3].c1cnc2c(c1)ccc1cccnc12. The summed E-state index contributed by atoms with van der Waals surface area (Å²) in [5.41, 5.74) is 2.44. The number of hydrogen-bond donors (Lipinski definition) is 0. The summed E-state index contributed by atoms with van der Waals surface area (Å²) in [4.78, 5) is 16.0. The maximum Gasteiger partial charge on any atom is 3.00 e. The first-order chi connectivity index (χ1) is 23.7. The van der Waals surface area contributed by atoms with Crippen molar-refractivity contribution in [3.63, 3.8) is 0 Å².